The van der Waals surface area contributed by atoms with Gasteiger partial charge in [0, 0.05) is 32.4 Å². The first-order valence-electron chi connectivity index (χ1n) is 11.5. The molecule has 8 heteroatoms. The van der Waals surface area contributed by atoms with Gasteiger partial charge in [-0.1, -0.05) is 25.0 Å². The lowest BCUT2D eigenvalue weighted by Gasteiger charge is -2.30. The molecule has 182 valence electrons. The van der Waals surface area contributed by atoms with E-state index in [1.807, 2.05) is 36.4 Å². The van der Waals surface area contributed by atoms with E-state index in [4.69, 9.17) is 14.1 Å². The summed E-state index contributed by atoms with van der Waals surface area (Å²) in [5, 5.41) is 9.77. The lowest BCUT2D eigenvalue weighted by atomic mass is 9.83. The van der Waals surface area contributed by atoms with Crippen molar-refractivity contribution in [3.63, 3.8) is 0 Å². The van der Waals surface area contributed by atoms with E-state index < -0.39 is 0 Å². The second kappa shape index (κ2) is 14.2. The van der Waals surface area contributed by atoms with Crippen LogP contribution in [0, 0.1) is 5.41 Å². The molecule has 1 amide bonds. The van der Waals surface area contributed by atoms with Crippen LogP contribution in [-0.2, 0) is 17.8 Å². The second-order valence-corrected chi connectivity index (χ2v) is 8.46. The summed E-state index contributed by atoms with van der Waals surface area (Å²) >= 11 is 0. The third-order valence-electron chi connectivity index (χ3n) is 6.09. The fraction of sp³-hybridized carbons (Fsp3) is 0.520. The van der Waals surface area contributed by atoms with E-state index >= 15 is 0 Å². The molecule has 3 rings (SSSR count). The summed E-state index contributed by atoms with van der Waals surface area (Å²) in [6.07, 6.45) is 7.71. The number of carbonyl (C=O) groups is 1. The number of carbonyl (C=O) groups excluding carboxylic acids is 1. The Morgan fingerprint density at radius 1 is 1.15 bits per heavy atom. The Morgan fingerprint density at radius 3 is 2.67 bits per heavy atom. The molecule has 0 bridgehead atoms. The monoisotopic (exact) mass is 568 g/mol. The van der Waals surface area contributed by atoms with Gasteiger partial charge in [0.05, 0.1) is 19.4 Å². The van der Waals surface area contributed by atoms with Crippen LogP contribution in [0.25, 0.3) is 0 Å². The number of aliphatic imine (C=N–C) groups is 1. The molecule has 0 unspecified atom stereocenters. The smallest absolute Gasteiger partial charge is 0.251 e. The number of nitrogens with one attached hydrogen (secondary N) is 3. The van der Waals surface area contributed by atoms with E-state index in [2.05, 4.69) is 22.9 Å². The minimum atomic E-state index is -0.126. The van der Waals surface area contributed by atoms with Crippen molar-refractivity contribution in [2.45, 2.75) is 52.1 Å². The fourth-order valence-electron chi connectivity index (χ4n) is 4.24. The number of guanidine groups is 1. The Kier molecular flexibility index (Phi) is 11.7. The highest BCUT2D eigenvalue weighted by molar-refractivity contribution is 14.0. The summed E-state index contributed by atoms with van der Waals surface area (Å²) in [6, 6.07) is 11.2. The molecule has 1 aromatic carbocycles. The first kappa shape index (κ1) is 27.2. The first-order valence-corrected chi connectivity index (χ1v) is 11.5. The number of hydrogen-bond donors (Lipinski definition) is 3. The van der Waals surface area contributed by atoms with E-state index in [1.54, 1.807) is 13.4 Å². The number of methoxy groups -OCH3 is 1. The van der Waals surface area contributed by atoms with Crippen molar-refractivity contribution in [3.8, 4) is 0 Å². The molecule has 0 aliphatic heterocycles. The average Bonchev–Trinajstić information content (AvgIpc) is 3.51. The summed E-state index contributed by atoms with van der Waals surface area (Å²) in [5.74, 6) is 1.41. The van der Waals surface area contributed by atoms with E-state index in [-0.39, 0.29) is 35.3 Å². The van der Waals surface area contributed by atoms with Gasteiger partial charge in [0.2, 0.25) is 0 Å². The van der Waals surface area contributed by atoms with Crippen LogP contribution in [0.2, 0.25) is 0 Å². The molecule has 0 saturated heterocycles. The van der Waals surface area contributed by atoms with Crippen LogP contribution in [0.4, 0.5) is 0 Å². The highest BCUT2D eigenvalue weighted by atomic mass is 127. The van der Waals surface area contributed by atoms with E-state index in [9.17, 15) is 4.79 Å². The standard InChI is InChI=1S/C25H36N4O3.HI/c1-3-26-24(29-19-25(13-15-31-2)11-4-5-12-25)28-17-20-8-6-9-21(16-20)23(30)27-18-22-10-7-14-32-22;/h6-10,14,16H,3-5,11-13,15,17-19H2,1-2H3,(H,27,30)(H2,26,28,29);1H. The number of ether oxygens (including phenoxy) is 1. The minimum absolute atomic E-state index is 0. The number of hydrogen-bond acceptors (Lipinski definition) is 4. The molecule has 1 aliphatic rings. The van der Waals surface area contributed by atoms with E-state index in [0.717, 1.165) is 43.4 Å². The molecule has 7 nitrogen and oxygen atoms in total. The predicted molar refractivity (Wildman–Crippen MR) is 142 cm³/mol. The Hall–Kier alpha value is -2.07. The van der Waals surface area contributed by atoms with Crippen molar-refractivity contribution in [2.75, 3.05) is 26.8 Å². The molecule has 1 saturated carbocycles. The van der Waals surface area contributed by atoms with Crippen molar-refractivity contribution < 1.29 is 13.9 Å². The van der Waals surface area contributed by atoms with Crippen molar-refractivity contribution in [3.05, 3.63) is 59.5 Å². The zero-order chi connectivity index (χ0) is 22.7. The molecule has 3 N–H and O–H groups in total. The molecule has 1 fully saturated rings. The van der Waals surface area contributed by atoms with Crippen LogP contribution < -0.4 is 16.0 Å². The van der Waals surface area contributed by atoms with Gasteiger partial charge in [-0.15, -0.1) is 24.0 Å². The normalized spacial score (nSPS) is 15.0. The van der Waals surface area contributed by atoms with Gasteiger partial charge < -0.3 is 25.1 Å². The van der Waals surface area contributed by atoms with Crippen LogP contribution in [-0.4, -0.2) is 38.7 Å². The van der Waals surface area contributed by atoms with Crippen LogP contribution in [0.3, 0.4) is 0 Å². The third kappa shape index (κ3) is 8.66. The number of halogens is 1. The zero-order valence-corrected chi connectivity index (χ0v) is 22.0. The average molecular weight is 569 g/mol. The fourth-order valence-corrected chi connectivity index (χ4v) is 4.24. The lowest BCUT2D eigenvalue weighted by molar-refractivity contribution is 0.0948. The number of benzene rings is 1. The molecular weight excluding hydrogens is 531 g/mol. The topological polar surface area (TPSA) is 87.9 Å². The summed E-state index contributed by atoms with van der Waals surface area (Å²) in [4.78, 5) is 17.2. The highest BCUT2D eigenvalue weighted by Crippen LogP contribution is 2.40. The Bertz CT molecular complexity index is 864. The molecular formula is C25H37IN4O3. The number of amides is 1. The maximum Gasteiger partial charge on any atom is 0.251 e. The summed E-state index contributed by atoms with van der Waals surface area (Å²) in [5.41, 5.74) is 1.90. The minimum Gasteiger partial charge on any atom is -0.467 e. The molecule has 1 aliphatic carbocycles. The Labute approximate surface area is 214 Å². The molecule has 1 aromatic heterocycles. The van der Waals surface area contributed by atoms with Crippen molar-refractivity contribution in [2.24, 2.45) is 10.4 Å². The third-order valence-corrected chi connectivity index (χ3v) is 6.09. The van der Waals surface area contributed by atoms with Gasteiger partial charge in [-0.3, -0.25) is 4.79 Å². The maximum atomic E-state index is 12.5. The van der Waals surface area contributed by atoms with E-state index in [0.29, 0.717) is 18.7 Å². The van der Waals surface area contributed by atoms with Gasteiger partial charge in [0.15, 0.2) is 5.96 Å². The van der Waals surface area contributed by atoms with Gasteiger partial charge in [0.1, 0.15) is 5.76 Å². The Balaban J connectivity index is 0.00000385. The second-order valence-electron chi connectivity index (χ2n) is 8.46. The van der Waals surface area contributed by atoms with Crippen LogP contribution in [0.1, 0.15) is 60.7 Å². The summed E-state index contributed by atoms with van der Waals surface area (Å²) < 4.78 is 10.6. The number of furan rings is 1. The van der Waals surface area contributed by atoms with Gasteiger partial charge >= 0.3 is 0 Å². The first-order chi connectivity index (χ1) is 15.6. The predicted octanol–water partition coefficient (Wildman–Crippen LogP) is 4.48. The molecule has 0 atom stereocenters. The number of nitrogens with zero attached hydrogens (tertiary/aromatic N) is 1. The van der Waals surface area contributed by atoms with E-state index in [1.165, 1.54) is 25.7 Å². The van der Waals surface area contributed by atoms with Gasteiger partial charge in [-0.05, 0) is 61.4 Å². The molecule has 0 spiro atoms. The van der Waals surface area contributed by atoms with Gasteiger partial charge in [-0.25, -0.2) is 4.99 Å². The quantitative estimate of drug-likeness (QED) is 0.212. The molecule has 0 radical (unpaired) electrons. The van der Waals surface area contributed by atoms with Crippen molar-refractivity contribution >= 4 is 35.8 Å². The van der Waals surface area contributed by atoms with Gasteiger partial charge in [-0.2, -0.15) is 0 Å². The zero-order valence-electron chi connectivity index (χ0n) is 19.7. The SMILES string of the molecule is CCNC(=NCc1cccc(C(=O)NCc2ccco2)c1)NCC1(CCOC)CCCC1.I. The van der Waals surface area contributed by atoms with Crippen molar-refractivity contribution in [1.82, 2.24) is 16.0 Å². The molecule has 33 heavy (non-hydrogen) atoms. The molecule has 2 aromatic rings. The van der Waals surface area contributed by atoms with Crippen LogP contribution in [0.15, 0.2) is 52.1 Å². The summed E-state index contributed by atoms with van der Waals surface area (Å²) in [7, 11) is 1.77. The van der Waals surface area contributed by atoms with Crippen LogP contribution in [0.5, 0.6) is 0 Å². The maximum absolute atomic E-state index is 12.5. The van der Waals surface area contributed by atoms with Crippen LogP contribution >= 0.6 is 24.0 Å². The van der Waals surface area contributed by atoms with Crippen molar-refractivity contribution in [1.29, 1.82) is 0 Å². The lowest BCUT2D eigenvalue weighted by Crippen LogP contribution is -2.43. The Morgan fingerprint density at radius 2 is 1.97 bits per heavy atom. The largest absolute Gasteiger partial charge is 0.467 e. The number of rotatable bonds is 11. The highest BCUT2D eigenvalue weighted by Gasteiger charge is 2.33. The summed E-state index contributed by atoms with van der Waals surface area (Å²) in [6.45, 7) is 5.43. The molecule has 1 heterocycles. The van der Waals surface area contributed by atoms with Gasteiger partial charge in [0.25, 0.3) is 5.91 Å².